The minimum absolute atomic E-state index is 0.0640. The first-order valence-corrected chi connectivity index (χ1v) is 8.54. The molecule has 1 aromatic carbocycles. The van der Waals surface area contributed by atoms with Crippen molar-refractivity contribution in [3.8, 4) is 10.6 Å². The zero-order valence-corrected chi connectivity index (χ0v) is 14.6. The second kappa shape index (κ2) is 7.61. The van der Waals surface area contributed by atoms with Gasteiger partial charge in [0.2, 0.25) is 0 Å². The minimum Gasteiger partial charge on any atom is -0.367 e. The number of carbonyl (C=O) groups excluding carboxylic acids is 1. The highest BCUT2D eigenvalue weighted by atomic mass is 35.5. The standard InChI is InChI=1S/C17H16ClN3O2S/c1-11-6-7-15(24-11)14-8-16(21-20-14)19-17(22)10-23-9-12-4-2-3-5-13(12)18/h2-8H,9-10H2,1H3,(H2,19,20,21,22). The third-order valence-corrected chi connectivity index (χ3v) is 4.70. The first kappa shape index (κ1) is 16.7. The summed E-state index contributed by atoms with van der Waals surface area (Å²) in [4.78, 5) is 14.2. The number of nitrogens with one attached hydrogen (secondary N) is 2. The Morgan fingerprint density at radius 3 is 2.92 bits per heavy atom. The Labute approximate surface area is 148 Å². The Morgan fingerprint density at radius 2 is 2.17 bits per heavy atom. The molecule has 24 heavy (non-hydrogen) atoms. The van der Waals surface area contributed by atoms with E-state index in [1.165, 1.54) is 4.88 Å². The molecule has 7 heteroatoms. The molecule has 2 heterocycles. The fourth-order valence-electron chi connectivity index (χ4n) is 2.14. The van der Waals surface area contributed by atoms with Crippen LogP contribution in [0.25, 0.3) is 10.6 Å². The highest BCUT2D eigenvalue weighted by Crippen LogP contribution is 2.27. The van der Waals surface area contributed by atoms with Crippen molar-refractivity contribution in [1.82, 2.24) is 10.2 Å². The number of benzene rings is 1. The van der Waals surface area contributed by atoms with Gasteiger partial charge in [-0.2, -0.15) is 5.10 Å². The number of halogens is 1. The van der Waals surface area contributed by atoms with Crippen molar-refractivity contribution < 1.29 is 9.53 Å². The van der Waals surface area contributed by atoms with Crippen molar-refractivity contribution in [2.24, 2.45) is 0 Å². The van der Waals surface area contributed by atoms with Crippen LogP contribution in [-0.2, 0) is 16.1 Å². The number of aromatic nitrogens is 2. The lowest BCUT2D eigenvalue weighted by atomic mass is 10.2. The van der Waals surface area contributed by atoms with Gasteiger partial charge in [0.15, 0.2) is 5.82 Å². The van der Waals surface area contributed by atoms with E-state index >= 15 is 0 Å². The molecule has 0 saturated heterocycles. The molecule has 0 aliphatic carbocycles. The topological polar surface area (TPSA) is 67.0 Å². The average molecular weight is 362 g/mol. The molecule has 0 radical (unpaired) electrons. The summed E-state index contributed by atoms with van der Waals surface area (Å²) in [6.45, 7) is 2.27. The van der Waals surface area contributed by atoms with Crippen LogP contribution in [0.3, 0.4) is 0 Å². The quantitative estimate of drug-likeness (QED) is 0.689. The van der Waals surface area contributed by atoms with Gasteiger partial charge >= 0.3 is 0 Å². The monoisotopic (exact) mass is 361 g/mol. The van der Waals surface area contributed by atoms with E-state index in [1.807, 2.05) is 37.3 Å². The van der Waals surface area contributed by atoms with Gasteiger partial charge in [-0.15, -0.1) is 11.3 Å². The van der Waals surface area contributed by atoms with Gasteiger partial charge in [0.25, 0.3) is 5.91 Å². The zero-order valence-electron chi connectivity index (χ0n) is 13.0. The fourth-order valence-corrected chi connectivity index (χ4v) is 3.16. The van der Waals surface area contributed by atoms with Gasteiger partial charge in [0.1, 0.15) is 6.61 Å². The largest absolute Gasteiger partial charge is 0.367 e. The number of aromatic amines is 1. The van der Waals surface area contributed by atoms with Crippen LogP contribution < -0.4 is 5.32 Å². The molecular weight excluding hydrogens is 346 g/mol. The third kappa shape index (κ3) is 4.23. The highest BCUT2D eigenvalue weighted by Gasteiger charge is 2.09. The predicted molar refractivity (Wildman–Crippen MR) is 96.4 cm³/mol. The van der Waals surface area contributed by atoms with Crippen LogP contribution in [0.4, 0.5) is 5.82 Å². The summed E-state index contributed by atoms with van der Waals surface area (Å²) < 4.78 is 5.40. The van der Waals surface area contributed by atoms with Crippen LogP contribution in [0.1, 0.15) is 10.4 Å². The molecule has 0 aliphatic heterocycles. The number of nitrogens with zero attached hydrogens (tertiary/aromatic N) is 1. The van der Waals surface area contributed by atoms with Gasteiger partial charge in [-0.1, -0.05) is 29.8 Å². The molecular formula is C17H16ClN3O2S. The van der Waals surface area contributed by atoms with Crippen molar-refractivity contribution >= 4 is 34.7 Å². The number of hydrogen-bond acceptors (Lipinski definition) is 4. The fraction of sp³-hybridized carbons (Fsp3) is 0.176. The van der Waals surface area contributed by atoms with E-state index in [4.69, 9.17) is 16.3 Å². The molecule has 0 spiro atoms. The van der Waals surface area contributed by atoms with Crippen molar-refractivity contribution in [2.45, 2.75) is 13.5 Å². The number of H-pyrrole nitrogens is 1. The lowest BCUT2D eigenvalue weighted by Gasteiger charge is -2.05. The number of aryl methyl sites for hydroxylation is 1. The smallest absolute Gasteiger partial charge is 0.251 e. The molecule has 0 saturated carbocycles. The summed E-state index contributed by atoms with van der Waals surface area (Å²) in [6.07, 6.45) is 0. The third-order valence-electron chi connectivity index (χ3n) is 3.30. The molecule has 0 unspecified atom stereocenters. The molecule has 2 N–H and O–H groups in total. The van der Waals surface area contributed by atoms with E-state index in [2.05, 4.69) is 15.5 Å². The van der Waals surface area contributed by atoms with E-state index in [1.54, 1.807) is 23.5 Å². The van der Waals surface area contributed by atoms with Crippen LogP contribution in [0.15, 0.2) is 42.5 Å². The van der Waals surface area contributed by atoms with Gasteiger partial charge in [0, 0.05) is 16.0 Å². The molecule has 0 fully saturated rings. The lowest BCUT2D eigenvalue weighted by molar-refractivity contribution is -0.121. The molecule has 3 aromatic rings. The Balaban J connectivity index is 1.50. The van der Waals surface area contributed by atoms with Crippen LogP contribution in [0.5, 0.6) is 0 Å². The van der Waals surface area contributed by atoms with Crippen molar-refractivity contribution in [3.63, 3.8) is 0 Å². The summed E-state index contributed by atoms with van der Waals surface area (Å²) in [5.41, 5.74) is 1.72. The number of hydrogen-bond donors (Lipinski definition) is 2. The number of anilines is 1. The SMILES string of the molecule is Cc1ccc(-c2cc(NC(=O)COCc3ccccc3Cl)n[nH]2)s1. The second-order valence-corrected chi connectivity index (χ2v) is 6.90. The van der Waals surface area contributed by atoms with E-state index in [0.717, 1.165) is 16.1 Å². The normalized spacial score (nSPS) is 10.8. The molecule has 1 amide bonds. The van der Waals surface area contributed by atoms with Crippen molar-refractivity contribution in [2.75, 3.05) is 11.9 Å². The maximum atomic E-state index is 11.9. The van der Waals surface area contributed by atoms with E-state index in [9.17, 15) is 4.79 Å². The maximum absolute atomic E-state index is 11.9. The van der Waals surface area contributed by atoms with Gasteiger partial charge < -0.3 is 10.1 Å². The van der Waals surface area contributed by atoms with Crippen LogP contribution in [0, 0.1) is 6.92 Å². The van der Waals surface area contributed by atoms with Crippen LogP contribution in [-0.4, -0.2) is 22.7 Å². The highest BCUT2D eigenvalue weighted by molar-refractivity contribution is 7.15. The van der Waals surface area contributed by atoms with Gasteiger partial charge in [-0.05, 0) is 30.7 Å². The zero-order chi connectivity index (χ0) is 16.9. The number of thiophene rings is 1. The van der Waals surface area contributed by atoms with E-state index < -0.39 is 0 Å². The summed E-state index contributed by atoms with van der Waals surface area (Å²) in [5.74, 6) is 0.213. The molecule has 2 aromatic heterocycles. The van der Waals surface area contributed by atoms with E-state index in [-0.39, 0.29) is 19.1 Å². The van der Waals surface area contributed by atoms with Crippen LogP contribution in [0.2, 0.25) is 5.02 Å². The number of ether oxygens (including phenoxy) is 1. The number of carbonyl (C=O) groups is 1. The Kier molecular flexibility index (Phi) is 5.30. The Bertz CT molecular complexity index is 844. The number of rotatable bonds is 6. The predicted octanol–water partition coefficient (Wildman–Crippen LogP) is 4.26. The lowest BCUT2D eigenvalue weighted by Crippen LogP contribution is -2.18. The first-order chi connectivity index (χ1) is 11.6. The average Bonchev–Trinajstić information content (AvgIpc) is 3.18. The summed E-state index contributed by atoms with van der Waals surface area (Å²) in [5, 5.41) is 10.3. The molecule has 124 valence electrons. The summed E-state index contributed by atoms with van der Waals surface area (Å²) >= 11 is 7.70. The molecule has 0 atom stereocenters. The number of amides is 1. The van der Waals surface area contributed by atoms with Gasteiger partial charge in [-0.3, -0.25) is 9.89 Å². The second-order valence-electron chi connectivity index (χ2n) is 5.21. The summed E-state index contributed by atoms with van der Waals surface area (Å²) in [6, 6.07) is 13.2. The van der Waals surface area contributed by atoms with Gasteiger partial charge in [0.05, 0.1) is 17.2 Å². The molecule has 5 nitrogen and oxygen atoms in total. The maximum Gasteiger partial charge on any atom is 0.251 e. The van der Waals surface area contributed by atoms with E-state index in [0.29, 0.717) is 10.8 Å². The molecule has 0 aliphatic rings. The molecule has 3 rings (SSSR count). The van der Waals surface area contributed by atoms with Gasteiger partial charge in [-0.25, -0.2) is 0 Å². The summed E-state index contributed by atoms with van der Waals surface area (Å²) in [7, 11) is 0. The van der Waals surface area contributed by atoms with Crippen molar-refractivity contribution in [3.05, 3.63) is 57.9 Å². The minimum atomic E-state index is -0.262. The Morgan fingerprint density at radius 1 is 1.33 bits per heavy atom. The van der Waals surface area contributed by atoms with Crippen LogP contribution >= 0.6 is 22.9 Å². The first-order valence-electron chi connectivity index (χ1n) is 7.35. The molecule has 0 bridgehead atoms. The van der Waals surface area contributed by atoms with Crippen molar-refractivity contribution in [1.29, 1.82) is 0 Å². The Hall–Kier alpha value is -2.15.